The topological polar surface area (TPSA) is 108 Å². The minimum atomic E-state index is -1.22. The van der Waals surface area contributed by atoms with Crippen molar-refractivity contribution >= 4 is 17.9 Å². The molecule has 196 valence electrons. The molecule has 0 bridgehead atoms. The van der Waals surface area contributed by atoms with Gasteiger partial charge in [0.2, 0.25) is 11.8 Å². The predicted molar refractivity (Wildman–Crippen MR) is 136 cm³/mol. The Balaban J connectivity index is 2.42. The van der Waals surface area contributed by atoms with Crippen LogP contribution in [0.2, 0.25) is 0 Å². The average Bonchev–Trinajstić information content (AvgIpc) is 2.74. The van der Waals surface area contributed by atoms with Gasteiger partial charge in [-0.25, -0.2) is 4.79 Å². The average molecular weight is 490 g/mol. The highest BCUT2D eigenvalue weighted by atomic mass is 16.6. The lowest BCUT2D eigenvalue weighted by atomic mass is 9.86. The van der Waals surface area contributed by atoms with Gasteiger partial charge in [0, 0.05) is 12.6 Å². The SMILES string of the molecule is CCCCCNC(=O)C(c1cccc(C)c1C)N(C(=O)C(CO)NC(=O)OC(C)(C)C)C1CCC1. The number of nitrogens with one attached hydrogen (secondary N) is 2. The largest absolute Gasteiger partial charge is 0.444 e. The summed E-state index contributed by atoms with van der Waals surface area (Å²) in [5.41, 5.74) is 1.98. The summed E-state index contributed by atoms with van der Waals surface area (Å²) < 4.78 is 5.29. The molecule has 0 aromatic heterocycles. The van der Waals surface area contributed by atoms with Crippen molar-refractivity contribution < 1.29 is 24.2 Å². The van der Waals surface area contributed by atoms with Crippen molar-refractivity contribution in [2.75, 3.05) is 13.2 Å². The number of aryl methyl sites for hydroxylation is 1. The van der Waals surface area contributed by atoms with Crippen LogP contribution < -0.4 is 10.6 Å². The summed E-state index contributed by atoms with van der Waals surface area (Å²) >= 11 is 0. The number of alkyl carbamates (subject to hydrolysis) is 1. The predicted octanol–water partition coefficient (Wildman–Crippen LogP) is 3.92. The zero-order valence-corrected chi connectivity index (χ0v) is 22.1. The highest BCUT2D eigenvalue weighted by Crippen LogP contribution is 2.35. The number of carbonyl (C=O) groups is 3. The van der Waals surface area contributed by atoms with E-state index in [1.165, 1.54) is 0 Å². The molecule has 3 N–H and O–H groups in total. The molecule has 2 atom stereocenters. The summed E-state index contributed by atoms with van der Waals surface area (Å²) in [6.07, 6.45) is 4.60. The molecule has 1 aromatic carbocycles. The standard InChI is InChI=1S/C27H43N3O5/c1-7-8-9-16-28-24(32)23(21-15-10-12-18(2)19(21)3)30(20-13-11-14-20)25(33)22(17-31)29-26(34)35-27(4,5)6/h10,12,15,20,22-23,31H,7-9,11,13-14,16-17H2,1-6H3,(H,28,32)(H,29,34). The minimum Gasteiger partial charge on any atom is -0.444 e. The zero-order chi connectivity index (χ0) is 26.2. The molecule has 0 spiro atoms. The number of amides is 3. The maximum Gasteiger partial charge on any atom is 0.408 e. The normalized spacial score (nSPS) is 15.5. The van der Waals surface area contributed by atoms with Crippen molar-refractivity contribution in [1.82, 2.24) is 15.5 Å². The molecule has 2 rings (SSSR count). The van der Waals surface area contributed by atoms with Gasteiger partial charge in [0.05, 0.1) is 6.61 Å². The molecule has 0 heterocycles. The second kappa shape index (κ2) is 12.9. The Morgan fingerprint density at radius 1 is 1.17 bits per heavy atom. The van der Waals surface area contributed by atoms with Crippen molar-refractivity contribution in [3.8, 4) is 0 Å². The molecule has 8 heteroatoms. The molecule has 0 aliphatic heterocycles. The molecular formula is C27H43N3O5. The fraction of sp³-hybridized carbons (Fsp3) is 0.667. The number of rotatable bonds is 11. The second-order valence-corrected chi connectivity index (χ2v) is 10.4. The molecule has 2 unspecified atom stereocenters. The highest BCUT2D eigenvalue weighted by Gasteiger charge is 2.42. The summed E-state index contributed by atoms with van der Waals surface area (Å²) in [6, 6.07) is 3.52. The molecule has 0 radical (unpaired) electrons. The van der Waals surface area contributed by atoms with Gasteiger partial charge in [-0.2, -0.15) is 0 Å². The Morgan fingerprint density at radius 2 is 1.86 bits per heavy atom. The van der Waals surface area contributed by atoms with Crippen LogP contribution in [-0.2, 0) is 14.3 Å². The van der Waals surface area contributed by atoms with Crippen molar-refractivity contribution in [2.45, 2.75) is 104 Å². The molecule has 3 amide bonds. The van der Waals surface area contributed by atoms with Gasteiger partial charge in [0.1, 0.15) is 17.7 Å². The quantitative estimate of drug-likeness (QED) is 0.409. The van der Waals surface area contributed by atoms with E-state index in [1.807, 2.05) is 32.0 Å². The van der Waals surface area contributed by atoms with Crippen molar-refractivity contribution in [2.24, 2.45) is 0 Å². The van der Waals surface area contributed by atoms with Crippen LogP contribution in [0.3, 0.4) is 0 Å². The Kier molecular flexibility index (Phi) is 10.6. The lowest BCUT2D eigenvalue weighted by Crippen LogP contribution is -2.58. The third-order valence-electron chi connectivity index (χ3n) is 6.44. The molecule has 8 nitrogen and oxygen atoms in total. The fourth-order valence-corrected chi connectivity index (χ4v) is 4.17. The summed E-state index contributed by atoms with van der Waals surface area (Å²) in [6.45, 7) is 11.1. The van der Waals surface area contributed by atoms with E-state index in [1.54, 1.807) is 25.7 Å². The van der Waals surface area contributed by atoms with E-state index < -0.39 is 36.3 Å². The zero-order valence-electron chi connectivity index (χ0n) is 22.1. The molecule has 1 aromatic rings. The van der Waals surface area contributed by atoms with Gasteiger partial charge in [0.25, 0.3) is 0 Å². The van der Waals surface area contributed by atoms with E-state index in [4.69, 9.17) is 4.74 Å². The van der Waals surface area contributed by atoms with Crippen LogP contribution in [0.1, 0.15) is 89.0 Å². The number of aliphatic hydroxyl groups excluding tert-OH is 1. The van der Waals surface area contributed by atoms with Crippen LogP contribution >= 0.6 is 0 Å². The number of carbonyl (C=O) groups excluding carboxylic acids is 3. The van der Waals surface area contributed by atoms with Crippen LogP contribution in [-0.4, -0.2) is 58.8 Å². The van der Waals surface area contributed by atoms with Crippen molar-refractivity contribution in [3.63, 3.8) is 0 Å². The number of hydrogen-bond acceptors (Lipinski definition) is 5. The van der Waals surface area contributed by atoms with Gasteiger partial charge < -0.3 is 25.4 Å². The van der Waals surface area contributed by atoms with E-state index in [0.29, 0.717) is 6.54 Å². The van der Waals surface area contributed by atoms with Gasteiger partial charge in [-0.3, -0.25) is 9.59 Å². The summed E-state index contributed by atoms with van der Waals surface area (Å²) in [4.78, 5) is 41.4. The molecule has 1 saturated carbocycles. The van der Waals surface area contributed by atoms with Crippen LogP contribution in [0, 0.1) is 13.8 Å². The Hall–Kier alpha value is -2.61. The second-order valence-electron chi connectivity index (χ2n) is 10.4. The molecule has 1 fully saturated rings. The van der Waals surface area contributed by atoms with Gasteiger partial charge in [-0.1, -0.05) is 38.0 Å². The number of aliphatic hydroxyl groups is 1. The van der Waals surface area contributed by atoms with E-state index >= 15 is 0 Å². The minimum absolute atomic E-state index is 0.150. The van der Waals surface area contributed by atoms with Gasteiger partial charge in [-0.05, 0) is 77.0 Å². The first-order valence-electron chi connectivity index (χ1n) is 12.8. The molecular weight excluding hydrogens is 446 g/mol. The van der Waals surface area contributed by atoms with E-state index in [-0.39, 0.29) is 11.9 Å². The van der Waals surface area contributed by atoms with E-state index in [9.17, 15) is 19.5 Å². The number of hydrogen-bond donors (Lipinski definition) is 3. The Bertz CT molecular complexity index is 876. The van der Waals surface area contributed by atoms with E-state index in [2.05, 4.69) is 17.6 Å². The third kappa shape index (κ3) is 7.95. The number of benzene rings is 1. The van der Waals surface area contributed by atoms with Crippen LogP contribution in [0.15, 0.2) is 18.2 Å². The maximum atomic E-state index is 13.8. The lowest BCUT2D eigenvalue weighted by Gasteiger charge is -2.43. The van der Waals surface area contributed by atoms with Crippen LogP contribution in [0.4, 0.5) is 4.79 Å². The fourth-order valence-electron chi connectivity index (χ4n) is 4.17. The first kappa shape index (κ1) is 28.6. The molecule has 1 aliphatic carbocycles. The molecule has 1 aliphatic rings. The third-order valence-corrected chi connectivity index (χ3v) is 6.44. The first-order chi connectivity index (χ1) is 16.5. The molecule has 0 saturated heterocycles. The molecule has 35 heavy (non-hydrogen) atoms. The number of unbranched alkanes of at least 4 members (excludes halogenated alkanes) is 2. The first-order valence-corrected chi connectivity index (χ1v) is 12.8. The van der Waals surface area contributed by atoms with Crippen molar-refractivity contribution in [1.29, 1.82) is 0 Å². The summed E-state index contributed by atoms with van der Waals surface area (Å²) in [5.74, 6) is -0.735. The van der Waals surface area contributed by atoms with Gasteiger partial charge >= 0.3 is 6.09 Å². The Labute approximate surface area is 209 Å². The van der Waals surface area contributed by atoms with Gasteiger partial charge in [-0.15, -0.1) is 0 Å². The highest BCUT2D eigenvalue weighted by molar-refractivity contribution is 5.92. The Morgan fingerprint density at radius 3 is 2.40 bits per heavy atom. The van der Waals surface area contributed by atoms with E-state index in [0.717, 1.165) is 55.2 Å². The lowest BCUT2D eigenvalue weighted by molar-refractivity contribution is -0.148. The smallest absolute Gasteiger partial charge is 0.408 e. The van der Waals surface area contributed by atoms with Gasteiger partial charge in [0.15, 0.2) is 0 Å². The van der Waals surface area contributed by atoms with Crippen LogP contribution in [0.25, 0.3) is 0 Å². The monoisotopic (exact) mass is 489 g/mol. The maximum absolute atomic E-state index is 13.8. The number of nitrogens with zero attached hydrogens (tertiary/aromatic N) is 1. The summed E-state index contributed by atoms with van der Waals surface area (Å²) in [7, 11) is 0. The number of ether oxygens (including phenoxy) is 1. The summed E-state index contributed by atoms with van der Waals surface area (Å²) in [5, 5.41) is 15.6. The van der Waals surface area contributed by atoms with Crippen molar-refractivity contribution in [3.05, 3.63) is 34.9 Å². The van der Waals surface area contributed by atoms with Crippen LogP contribution in [0.5, 0.6) is 0 Å².